The zero-order valence-corrected chi connectivity index (χ0v) is 10.9. The van der Waals surface area contributed by atoms with Gasteiger partial charge in [-0.05, 0) is 43.0 Å². The predicted octanol–water partition coefficient (Wildman–Crippen LogP) is 2.96. The molecule has 3 nitrogen and oxygen atoms in total. The number of rotatable bonds is 3. The maximum absolute atomic E-state index is 4.30. The molecule has 0 aliphatic rings. The third-order valence-corrected chi connectivity index (χ3v) is 3.13. The van der Waals surface area contributed by atoms with Crippen molar-refractivity contribution >= 4 is 5.82 Å². The normalized spacial score (nSPS) is 10.6. The third kappa shape index (κ3) is 2.67. The van der Waals surface area contributed by atoms with Gasteiger partial charge < -0.3 is 5.32 Å². The van der Waals surface area contributed by atoms with Gasteiger partial charge in [-0.2, -0.15) is 5.10 Å². The summed E-state index contributed by atoms with van der Waals surface area (Å²) in [5.41, 5.74) is 5.35. The lowest BCUT2D eigenvalue weighted by atomic mass is 10.0. The Bertz CT molecular complexity index is 526. The Morgan fingerprint density at radius 1 is 1.12 bits per heavy atom. The van der Waals surface area contributed by atoms with E-state index in [2.05, 4.69) is 43.3 Å². The van der Waals surface area contributed by atoms with Crippen LogP contribution in [0.2, 0.25) is 0 Å². The summed E-state index contributed by atoms with van der Waals surface area (Å²) >= 11 is 0. The van der Waals surface area contributed by atoms with Crippen LogP contribution in [0, 0.1) is 20.8 Å². The average Bonchev–Trinajstić information content (AvgIpc) is 2.68. The number of nitrogens with one attached hydrogen (secondary N) is 1. The molecule has 0 unspecified atom stereocenters. The van der Waals surface area contributed by atoms with Gasteiger partial charge in [-0.25, -0.2) is 0 Å². The fraction of sp³-hybridized carbons (Fsp3) is 0.357. The largest absolute Gasteiger partial charge is 0.365 e. The summed E-state index contributed by atoms with van der Waals surface area (Å²) in [6, 6.07) is 6.47. The fourth-order valence-electron chi connectivity index (χ4n) is 1.91. The average molecular weight is 229 g/mol. The van der Waals surface area contributed by atoms with Gasteiger partial charge in [0.05, 0.1) is 0 Å². The first kappa shape index (κ1) is 11.7. The molecular weight excluding hydrogens is 210 g/mol. The van der Waals surface area contributed by atoms with Gasteiger partial charge in [0.15, 0.2) is 0 Å². The second-order valence-electron chi connectivity index (χ2n) is 4.59. The number of hydrogen-bond acceptors (Lipinski definition) is 2. The van der Waals surface area contributed by atoms with E-state index < -0.39 is 0 Å². The number of aryl methyl sites for hydroxylation is 4. The van der Waals surface area contributed by atoms with Crippen LogP contribution < -0.4 is 5.32 Å². The van der Waals surface area contributed by atoms with E-state index in [0.29, 0.717) is 0 Å². The van der Waals surface area contributed by atoms with E-state index in [-0.39, 0.29) is 0 Å². The van der Waals surface area contributed by atoms with Crippen molar-refractivity contribution in [3.05, 3.63) is 46.6 Å². The lowest BCUT2D eigenvalue weighted by molar-refractivity contribution is 0.768. The number of hydrogen-bond donors (Lipinski definition) is 1. The van der Waals surface area contributed by atoms with Crippen LogP contribution in [0.5, 0.6) is 0 Å². The SMILES string of the molecule is Cc1cc(C)c(CNc2ccn(C)n2)cc1C. The summed E-state index contributed by atoms with van der Waals surface area (Å²) in [6.07, 6.45) is 1.94. The highest BCUT2D eigenvalue weighted by atomic mass is 15.3. The van der Waals surface area contributed by atoms with Gasteiger partial charge in [-0.15, -0.1) is 0 Å². The first-order valence-corrected chi connectivity index (χ1v) is 5.86. The molecule has 0 spiro atoms. The lowest BCUT2D eigenvalue weighted by Gasteiger charge is -2.10. The molecule has 0 amide bonds. The van der Waals surface area contributed by atoms with Crippen LogP contribution in [0.15, 0.2) is 24.4 Å². The highest BCUT2D eigenvalue weighted by molar-refractivity contribution is 5.40. The summed E-state index contributed by atoms with van der Waals surface area (Å²) < 4.78 is 1.80. The summed E-state index contributed by atoms with van der Waals surface area (Å²) in [6.45, 7) is 7.28. The van der Waals surface area contributed by atoms with Crippen molar-refractivity contribution in [1.29, 1.82) is 0 Å². The molecule has 0 saturated heterocycles. The van der Waals surface area contributed by atoms with Crippen LogP contribution in [0.25, 0.3) is 0 Å². The molecule has 3 heteroatoms. The molecule has 1 heterocycles. The van der Waals surface area contributed by atoms with E-state index in [1.807, 2.05) is 19.3 Å². The zero-order valence-electron chi connectivity index (χ0n) is 10.9. The molecular formula is C14H19N3. The Morgan fingerprint density at radius 3 is 2.47 bits per heavy atom. The summed E-state index contributed by atoms with van der Waals surface area (Å²) in [5.74, 6) is 0.921. The van der Waals surface area contributed by atoms with Crippen molar-refractivity contribution in [1.82, 2.24) is 9.78 Å². The second-order valence-corrected chi connectivity index (χ2v) is 4.59. The molecule has 0 radical (unpaired) electrons. The minimum Gasteiger partial charge on any atom is -0.365 e. The van der Waals surface area contributed by atoms with Gasteiger partial charge in [0, 0.05) is 25.9 Å². The van der Waals surface area contributed by atoms with E-state index in [9.17, 15) is 0 Å². The van der Waals surface area contributed by atoms with Gasteiger partial charge in [0.25, 0.3) is 0 Å². The van der Waals surface area contributed by atoms with Crippen LogP contribution in [0.4, 0.5) is 5.82 Å². The molecule has 1 N–H and O–H groups in total. The summed E-state index contributed by atoms with van der Waals surface area (Å²) in [4.78, 5) is 0. The Hall–Kier alpha value is -1.77. The topological polar surface area (TPSA) is 29.9 Å². The number of benzene rings is 1. The smallest absolute Gasteiger partial charge is 0.148 e. The highest BCUT2D eigenvalue weighted by Crippen LogP contribution is 2.16. The molecule has 0 bridgehead atoms. The molecule has 0 aliphatic heterocycles. The number of aromatic nitrogens is 2. The first-order chi connectivity index (χ1) is 8.06. The van der Waals surface area contributed by atoms with Crippen molar-refractivity contribution in [2.45, 2.75) is 27.3 Å². The molecule has 2 aromatic rings. The lowest BCUT2D eigenvalue weighted by Crippen LogP contribution is -2.03. The Labute approximate surface area is 102 Å². The maximum Gasteiger partial charge on any atom is 0.148 e. The zero-order chi connectivity index (χ0) is 12.4. The van der Waals surface area contributed by atoms with Crippen LogP contribution in [-0.2, 0) is 13.6 Å². The Kier molecular flexibility index (Phi) is 3.18. The molecule has 17 heavy (non-hydrogen) atoms. The van der Waals surface area contributed by atoms with Crippen molar-refractivity contribution in [3.8, 4) is 0 Å². The highest BCUT2D eigenvalue weighted by Gasteiger charge is 2.02. The van der Waals surface area contributed by atoms with Crippen LogP contribution in [0.3, 0.4) is 0 Å². The molecule has 1 aromatic carbocycles. The van der Waals surface area contributed by atoms with Crippen molar-refractivity contribution in [3.63, 3.8) is 0 Å². The molecule has 2 rings (SSSR count). The van der Waals surface area contributed by atoms with Gasteiger partial charge >= 0.3 is 0 Å². The number of anilines is 1. The van der Waals surface area contributed by atoms with Crippen molar-refractivity contribution in [2.24, 2.45) is 7.05 Å². The monoisotopic (exact) mass is 229 g/mol. The molecule has 0 fully saturated rings. The standard InChI is InChI=1S/C14H19N3/c1-10-7-12(3)13(8-11(10)2)9-15-14-5-6-17(4)16-14/h5-8H,9H2,1-4H3,(H,15,16). The van der Waals surface area contributed by atoms with Gasteiger partial charge in [-0.1, -0.05) is 12.1 Å². The van der Waals surface area contributed by atoms with E-state index >= 15 is 0 Å². The fourth-order valence-corrected chi connectivity index (χ4v) is 1.91. The summed E-state index contributed by atoms with van der Waals surface area (Å²) in [5, 5.41) is 7.64. The van der Waals surface area contributed by atoms with Gasteiger partial charge in [0.2, 0.25) is 0 Å². The minimum absolute atomic E-state index is 0.823. The van der Waals surface area contributed by atoms with E-state index in [0.717, 1.165) is 12.4 Å². The van der Waals surface area contributed by atoms with E-state index in [1.165, 1.54) is 22.3 Å². The Morgan fingerprint density at radius 2 is 1.82 bits per heavy atom. The molecule has 90 valence electrons. The minimum atomic E-state index is 0.823. The van der Waals surface area contributed by atoms with Crippen LogP contribution in [-0.4, -0.2) is 9.78 Å². The quantitative estimate of drug-likeness (QED) is 0.877. The third-order valence-electron chi connectivity index (χ3n) is 3.13. The molecule has 0 saturated carbocycles. The van der Waals surface area contributed by atoms with Crippen LogP contribution >= 0.6 is 0 Å². The first-order valence-electron chi connectivity index (χ1n) is 5.86. The van der Waals surface area contributed by atoms with Gasteiger partial charge in [0.1, 0.15) is 5.82 Å². The van der Waals surface area contributed by atoms with Gasteiger partial charge in [-0.3, -0.25) is 4.68 Å². The van der Waals surface area contributed by atoms with Crippen LogP contribution in [0.1, 0.15) is 22.3 Å². The van der Waals surface area contributed by atoms with Crippen molar-refractivity contribution < 1.29 is 0 Å². The van der Waals surface area contributed by atoms with E-state index in [1.54, 1.807) is 4.68 Å². The van der Waals surface area contributed by atoms with Crippen molar-refractivity contribution in [2.75, 3.05) is 5.32 Å². The molecule has 0 atom stereocenters. The van der Waals surface area contributed by atoms with E-state index in [4.69, 9.17) is 0 Å². The molecule has 1 aromatic heterocycles. The number of nitrogens with zero attached hydrogens (tertiary/aromatic N) is 2. The second kappa shape index (κ2) is 4.62. The predicted molar refractivity (Wildman–Crippen MR) is 71.2 cm³/mol. The summed E-state index contributed by atoms with van der Waals surface area (Å²) in [7, 11) is 1.92. The Balaban J connectivity index is 2.11. The molecule has 0 aliphatic carbocycles. The maximum atomic E-state index is 4.30.